The third-order valence-corrected chi connectivity index (χ3v) is 0.524. The summed E-state index contributed by atoms with van der Waals surface area (Å²) in [5, 5.41) is 0. The zero-order valence-corrected chi connectivity index (χ0v) is 3.97. The molecule has 0 saturated heterocycles. The lowest BCUT2D eigenvalue weighted by Crippen LogP contribution is -2.06. The second-order valence-corrected chi connectivity index (χ2v) is 0.939. The van der Waals surface area contributed by atoms with Gasteiger partial charge in [0.1, 0.15) is 6.29 Å². The van der Waals surface area contributed by atoms with E-state index in [-0.39, 0.29) is 6.29 Å². The maximum atomic E-state index is 4.66. The molecule has 0 aromatic carbocycles. The molecule has 0 aliphatic carbocycles. The molecule has 0 rings (SSSR count). The van der Waals surface area contributed by atoms with E-state index in [4.69, 9.17) is 0 Å². The molecular formula is C3H7BO2. The van der Waals surface area contributed by atoms with Crippen LogP contribution in [-0.2, 0) is 9.39 Å². The summed E-state index contributed by atoms with van der Waals surface area (Å²) in [6.07, 6.45) is -0.287. The molecule has 0 amide bonds. The predicted octanol–water partition coefficient (Wildman–Crippen LogP) is 0.0789. The molecule has 3 heteroatoms. The van der Waals surface area contributed by atoms with Crippen LogP contribution < -0.4 is 0 Å². The fraction of sp³-hybridized carbons (Fsp3) is 1.00. The van der Waals surface area contributed by atoms with Crippen LogP contribution in [0.15, 0.2) is 0 Å². The molecular weight excluding hydrogens is 78.8 g/mol. The van der Waals surface area contributed by atoms with Crippen LogP contribution in [0.2, 0.25) is 0 Å². The van der Waals surface area contributed by atoms with Gasteiger partial charge in [-0.2, -0.15) is 0 Å². The summed E-state index contributed by atoms with van der Waals surface area (Å²) in [6.45, 7) is 1.71. The fourth-order valence-electron chi connectivity index (χ4n) is 0.0556. The zero-order valence-electron chi connectivity index (χ0n) is 3.97. The van der Waals surface area contributed by atoms with Crippen LogP contribution in [0, 0.1) is 0 Å². The molecule has 0 bridgehead atoms. The van der Waals surface area contributed by atoms with Gasteiger partial charge in [-0.15, -0.1) is 0 Å². The number of ether oxygens (including phenoxy) is 1. The zero-order chi connectivity index (χ0) is 4.99. The molecule has 0 aliphatic rings. The molecule has 2 nitrogen and oxygen atoms in total. The third-order valence-electron chi connectivity index (χ3n) is 0.524. The Balaban J connectivity index is 2.75. The van der Waals surface area contributed by atoms with Crippen molar-refractivity contribution in [1.29, 1.82) is 0 Å². The second kappa shape index (κ2) is 3.19. The van der Waals surface area contributed by atoms with Crippen LogP contribution in [-0.4, -0.2) is 21.4 Å². The summed E-state index contributed by atoms with van der Waals surface area (Å²) in [5.41, 5.74) is 0. The minimum Gasteiger partial charge on any atom is -0.425 e. The third kappa shape index (κ3) is 2.24. The molecule has 0 heterocycles. The van der Waals surface area contributed by atoms with Gasteiger partial charge in [-0.25, -0.2) is 0 Å². The van der Waals surface area contributed by atoms with E-state index in [1.54, 1.807) is 6.92 Å². The number of hydrogen-bond donors (Lipinski definition) is 0. The summed E-state index contributed by atoms with van der Waals surface area (Å²) in [5.74, 6) is 0. The average molecular weight is 85.9 g/mol. The van der Waals surface area contributed by atoms with E-state index in [1.807, 2.05) is 0 Å². The second-order valence-electron chi connectivity index (χ2n) is 0.939. The van der Waals surface area contributed by atoms with Gasteiger partial charge in [0.05, 0.1) is 0 Å². The molecule has 6 heavy (non-hydrogen) atoms. The number of hydrogen-bond acceptors (Lipinski definition) is 2. The summed E-state index contributed by atoms with van der Waals surface area (Å²) < 4.78 is 8.73. The lowest BCUT2D eigenvalue weighted by Gasteiger charge is -2.04. The normalized spacial score (nSPS) is 14.3. The summed E-state index contributed by atoms with van der Waals surface area (Å²) >= 11 is 0. The first-order chi connectivity index (χ1) is 2.81. The van der Waals surface area contributed by atoms with Gasteiger partial charge in [0.15, 0.2) is 0 Å². The standard InChI is InChI=1S/C3H7BO2/c1-3(5-2)6-4/h3H,1-2H3. The molecule has 0 aromatic rings. The van der Waals surface area contributed by atoms with Crippen molar-refractivity contribution in [3.05, 3.63) is 0 Å². The minimum absolute atomic E-state index is 0.287. The van der Waals surface area contributed by atoms with E-state index in [0.717, 1.165) is 0 Å². The van der Waals surface area contributed by atoms with Crippen molar-refractivity contribution in [2.45, 2.75) is 13.2 Å². The van der Waals surface area contributed by atoms with Crippen molar-refractivity contribution >= 4 is 8.05 Å². The Kier molecular flexibility index (Phi) is 3.18. The fourth-order valence-corrected chi connectivity index (χ4v) is 0.0556. The number of rotatable bonds is 2. The Bertz CT molecular complexity index is 28.0. The highest BCUT2D eigenvalue weighted by atomic mass is 16.6. The van der Waals surface area contributed by atoms with Gasteiger partial charge in [0, 0.05) is 7.11 Å². The van der Waals surface area contributed by atoms with Crippen LogP contribution in [0.4, 0.5) is 0 Å². The van der Waals surface area contributed by atoms with Crippen molar-refractivity contribution in [1.82, 2.24) is 0 Å². The van der Waals surface area contributed by atoms with E-state index in [1.165, 1.54) is 7.11 Å². The summed E-state index contributed by atoms with van der Waals surface area (Å²) in [7, 11) is 6.18. The monoisotopic (exact) mass is 86.1 g/mol. The van der Waals surface area contributed by atoms with Gasteiger partial charge in [-0.3, -0.25) is 0 Å². The van der Waals surface area contributed by atoms with Crippen LogP contribution in [0.5, 0.6) is 0 Å². The SMILES string of the molecule is [B]OC(C)OC. The van der Waals surface area contributed by atoms with Crippen LogP contribution >= 0.6 is 0 Å². The average Bonchev–Trinajstić information content (AvgIpc) is 1.65. The van der Waals surface area contributed by atoms with Crippen molar-refractivity contribution < 1.29 is 9.39 Å². The Labute approximate surface area is 38.9 Å². The largest absolute Gasteiger partial charge is 0.425 e. The highest BCUT2D eigenvalue weighted by Crippen LogP contribution is 1.82. The molecule has 0 N–H and O–H groups in total. The van der Waals surface area contributed by atoms with Crippen molar-refractivity contribution in [3.63, 3.8) is 0 Å². The Morgan fingerprint density at radius 1 is 1.67 bits per heavy atom. The van der Waals surface area contributed by atoms with Crippen molar-refractivity contribution in [2.24, 2.45) is 0 Å². The van der Waals surface area contributed by atoms with E-state index < -0.39 is 0 Å². The summed E-state index contributed by atoms with van der Waals surface area (Å²) in [6, 6.07) is 0. The first kappa shape index (κ1) is 5.98. The van der Waals surface area contributed by atoms with Gasteiger partial charge in [-0.1, -0.05) is 0 Å². The topological polar surface area (TPSA) is 18.5 Å². The lowest BCUT2D eigenvalue weighted by atomic mass is 10.5. The van der Waals surface area contributed by atoms with Crippen LogP contribution in [0.25, 0.3) is 0 Å². The van der Waals surface area contributed by atoms with E-state index in [9.17, 15) is 0 Å². The smallest absolute Gasteiger partial charge is 0.286 e. The Morgan fingerprint density at radius 2 is 2.17 bits per heavy atom. The molecule has 0 aliphatic heterocycles. The molecule has 0 fully saturated rings. The summed E-state index contributed by atoms with van der Waals surface area (Å²) in [4.78, 5) is 0. The lowest BCUT2D eigenvalue weighted by molar-refractivity contribution is -0.0334. The first-order valence-electron chi connectivity index (χ1n) is 1.69. The van der Waals surface area contributed by atoms with Crippen molar-refractivity contribution in [2.75, 3.05) is 7.11 Å². The van der Waals surface area contributed by atoms with Gasteiger partial charge in [0.2, 0.25) is 0 Å². The first-order valence-corrected chi connectivity index (χ1v) is 1.69. The Morgan fingerprint density at radius 3 is 2.17 bits per heavy atom. The molecule has 1 atom stereocenters. The van der Waals surface area contributed by atoms with E-state index >= 15 is 0 Å². The highest BCUT2D eigenvalue weighted by molar-refractivity contribution is 5.98. The van der Waals surface area contributed by atoms with E-state index in [0.29, 0.717) is 0 Å². The Hall–Kier alpha value is -0.0151. The molecule has 1 unspecified atom stereocenters. The molecule has 0 saturated carbocycles. The quantitative estimate of drug-likeness (QED) is 0.350. The minimum atomic E-state index is -0.287. The van der Waals surface area contributed by atoms with E-state index in [2.05, 4.69) is 17.4 Å². The van der Waals surface area contributed by atoms with Crippen molar-refractivity contribution in [3.8, 4) is 0 Å². The van der Waals surface area contributed by atoms with Crippen LogP contribution in [0.1, 0.15) is 6.92 Å². The van der Waals surface area contributed by atoms with Gasteiger partial charge < -0.3 is 9.39 Å². The molecule has 2 radical (unpaired) electrons. The van der Waals surface area contributed by atoms with Crippen LogP contribution in [0.3, 0.4) is 0 Å². The maximum Gasteiger partial charge on any atom is 0.286 e. The molecule has 0 spiro atoms. The molecule has 0 aromatic heterocycles. The highest BCUT2D eigenvalue weighted by Gasteiger charge is 1.87. The predicted molar refractivity (Wildman–Crippen MR) is 23.3 cm³/mol. The van der Waals surface area contributed by atoms with Gasteiger partial charge >= 0.3 is 0 Å². The number of methoxy groups -OCH3 is 1. The van der Waals surface area contributed by atoms with Gasteiger partial charge in [-0.05, 0) is 6.92 Å². The molecule has 34 valence electrons. The maximum absolute atomic E-state index is 4.66. The van der Waals surface area contributed by atoms with Gasteiger partial charge in [0.25, 0.3) is 8.05 Å².